The Labute approximate surface area is 128 Å². The van der Waals surface area contributed by atoms with Gasteiger partial charge in [0.2, 0.25) is 0 Å². The Balaban J connectivity index is 2.16. The topological polar surface area (TPSA) is 46.5 Å². The lowest BCUT2D eigenvalue weighted by Gasteiger charge is -2.14. The minimum Gasteiger partial charge on any atom is -0.479 e. The average Bonchev–Trinajstić information content (AvgIpc) is 2.49. The first kappa shape index (κ1) is 17.5. The summed E-state index contributed by atoms with van der Waals surface area (Å²) in [5.41, 5.74) is 0. The number of rotatable bonds is 12. The van der Waals surface area contributed by atoms with Crippen LogP contribution in [0.1, 0.15) is 64.7 Å². The molecule has 0 amide bonds. The van der Waals surface area contributed by atoms with E-state index < -0.39 is 12.1 Å². The highest BCUT2D eigenvalue weighted by Crippen LogP contribution is 2.16. The Morgan fingerprint density at radius 3 is 2.14 bits per heavy atom. The molecule has 0 saturated heterocycles. The molecule has 1 aromatic carbocycles. The number of unbranched alkanes of at least 4 members (excludes halogenated alkanes) is 7. The third-order valence-corrected chi connectivity index (χ3v) is 3.62. The molecule has 0 spiro atoms. The zero-order chi connectivity index (χ0) is 15.3. The third kappa shape index (κ3) is 8.38. The molecule has 0 aliphatic rings. The number of ether oxygens (including phenoxy) is 1. The van der Waals surface area contributed by atoms with Crippen molar-refractivity contribution in [2.45, 2.75) is 70.8 Å². The van der Waals surface area contributed by atoms with E-state index in [-0.39, 0.29) is 0 Å². The summed E-state index contributed by atoms with van der Waals surface area (Å²) in [7, 11) is 0. The van der Waals surface area contributed by atoms with Gasteiger partial charge in [0.15, 0.2) is 6.10 Å². The van der Waals surface area contributed by atoms with Gasteiger partial charge in [-0.25, -0.2) is 4.79 Å². The molecule has 1 aromatic rings. The Morgan fingerprint density at radius 1 is 1.00 bits per heavy atom. The van der Waals surface area contributed by atoms with Crippen molar-refractivity contribution in [2.24, 2.45) is 0 Å². The van der Waals surface area contributed by atoms with Crippen molar-refractivity contribution in [3.05, 3.63) is 30.3 Å². The van der Waals surface area contributed by atoms with Crippen molar-refractivity contribution in [1.82, 2.24) is 0 Å². The molecule has 3 heteroatoms. The standard InChI is InChI=1S/C18H28O3/c1-2-3-4-5-6-7-8-12-15-17(18(19)20)21-16-13-10-9-11-14-16/h9-11,13-14,17H,2-8,12,15H2,1H3,(H,19,20). The molecule has 1 unspecified atom stereocenters. The zero-order valence-corrected chi connectivity index (χ0v) is 13.1. The van der Waals surface area contributed by atoms with Crippen molar-refractivity contribution >= 4 is 5.97 Å². The van der Waals surface area contributed by atoms with Crippen molar-refractivity contribution in [3.63, 3.8) is 0 Å². The van der Waals surface area contributed by atoms with Gasteiger partial charge in [0.25, 0.3) is 0 Å². The van der Waals surface area contributed by atoms with E-state index in [0.717, 1.165) is 12.8 Å². The van der Waals surface area contributed by atoms with Crippen LogP contribution in [0.3, 0.4) is 0 Å². The Kier molecular flexibility index (Phi) is 9.34. The molecule has 1 atom stereocenters. The molecule has 118 valence electrons. The lowest BCUT2D eigenvalue weighted by Crippen LogP contribution is -2.26. The SMILES string of the molecule is CCCCCCCCCCC(Oc1ccccc1)C(=O)O. The predicted molar refractivity (Wildman–Crippen MR) is 85.7 cm³/mol. The summed E-state index contributed by atoms with van der Waals surface area (Å²) in [4.78, 5) is 11.2. The first-order valence-electron chi connectivity index (χ1n) is 8.18. The van der Waals surface area contributed by atoms with Crippen molar-refractivity contribution < 1.29 is 14.6 Å². The van der Waals surface area contributed by atoms with E-state index >= 15 is 0 Å². The second kappa shape index (κ2) is 11.2. The maximum absolute atomic E-state index is 11.2. The monoisotopic (exact) mass is 292 g/mol. The van der Waals surface area contributed by atoms with Crippen LogP contribution in [0.5, 0.6) is 5.75 Å². The van der Waals surface area contributed by atoms with Gasteiger partial charge in [-0.2, -0.15) is 0 Å². The molecule has 0 aliphatic carbocycles. The first-order chi connectivity index (χ1) is 10.2. The molecule has 0 aliphatic heterocycles. The number of benzene rings is 1. The van der Waals surface area contributed by atoms with Crippen LogP contribution in [0.25, 0.3) is 0 Å². The molecule has 0 heterocycles. The molecule has 3 nitrogen and oxygen atoms in total. The fourth-order valence-corrected chi connectivity index (χ4v) is 2.36. The number of hydrogen-bond donors (Lipinski definition) is 1. The molecule has 0 bridgehead atoms. The molecule has 0 radical (unpaired) electrons. The minimum absolute atomic E-state index is 0.583. The molecule has 0 fully saturated rings. The van der Waals surface area contributed by atoms with E-state index in [1.54, 1.807) is 12.1 Å². The van der Waals surface area contributed by atoms with Crippen LogP contribution < -0.4 is 4.74 Å². The van der Waals surface area contributed by atoms with Crippen molar-refractivity contribution in [2.75, 3.05) is 0 Å². The Bertz CT molecular complexity index is 375. The predicted octanol–water partition coefficient (Wildman–Crippen LogP) is 5.05. The van der Waals surface area contributed by atoms with E-state index in [9.17, 15) is 9.90 Å². The zero-order valence-electron chi connectivity index (χ0n) is 13.1. The minimum atomic E-state index is -0.873. The third-order valence-electron chi connectivity index (χ3n) is 3.62. The largest absolute Gasteiger partial charge is 0.479 e. The molecule has 1 rings (SSSR count). The van der Waals surface area contributed by atoms with Crippen LogP contribution >= 0.6 is 0 Å². The number of aliphatic carboxylic acids is 1. The second-order valence-electron chi connectivity index (χ2n) is 5.52. The van der Waals surface area contributed by atoms with E-state index in [2.05, 4.69) is 6.92 Å². The van der Waals surface area contributed by atoms with Gasteiger partial charge in [0, 0.05) is 0 Å². The highest BCUT2D eigenvalue weighted by atomic mass is 16.5. The van der Waals surface area contributed by atoms with E-state index in [1.165, 1.54) is 38.5 Å². The van der Waals surface area contributed by atoms with Crippen LogP contribution in [0.15, 0.2) is 30.3 Å². The Hall–Kier alpha value is -1.51. The molecule has 21 heavy (non-hydrogen) atoms. The maximum Gasteiger partial charge on any atom is 0.344 e. The van der Waals surface area contributed by atoms with Crippen LogP contribution in [0, 0.1) is 0 Å². The summed E-state index contributed by atoms with van der Waals surface area (Å²) >= 11 is 0. The normalized spacial score (nSPS) is 12.0. The van der Waals surface area contributed by atoms with Crippen LogP contribution in [-0.4, -0.2) is 17.2 Å². The van der Waals surface area contributed by atoms with Gasteiger partial charge in [0.05, 0.1) is 0 Å². The van der Waals surface area contributed by atoms with Gasteiger partial charge in [-0.05, 0) is 25.0 Å². The summed E-state index contributed by atoms with van der Waals surface area (Å²) in [5, 5.41) is 9.21. The first-order valence-corrected chi connectivity index (χ1v) is 8.18. The fourth-order valence-electron chi connectivity index (χ4n) is 2.36. The van der Waals surface area contributed by atoms with Crippen molar-refractivity contribution in [1.29, 1.82) is 0 Å². The number of carboxylic acid groups (broad SMARTS) is 1. The number of carbonyl (C=O) groups is 1. The van der Waals surface area contributed by atoms with E-state index in [4.69, 9.17) is 4.74 Å². The van der Waals surface area contributed by atoms with Gasteiger partial charge in [0.1, 0.15) is 5.75 Å². The lowest BCUT2D eigenvalue weighted by atomic mass is 10.1. The number of carboxylic acids is 1. The smallest absolute Gasteiger partial charge is 0.344 e. The highest BCUT2D eigenvalue weighted by Gasteiger charge is 2.18. The summed E-state index contributed by atoms with van der Waals surface area (Å²) in [5.74, 6) is -0.244. The summed E-state index contributed by atoms with van der Waals surface area (Å²) in [6, 6.07) is 9.18. The van der Waals surface area contributed by atoms with Gasteiger partial charge in [-0.3, -0.25) is 0 Å². The van der Waals surface area contributed by atoms with Crippen LogP contribution in [-0.2, 0) is 4.79 Å². The highest BCUT2D eigenvalue weighted by molar-refractivity contribution is 5.72. The summed E-state index contributed by atoms with van der Waals surface area (Å²) in [6.45, 7) is 2.22. The quantitative estimate of drug-likeness (QED) is 0.548. The lowest BCUT2D eigenvalue weighted by molar-refractivity contribution is -0.145. The molecular formula is C18H28O3. The Morgan fingerprint density at radius 2 is 1.57 bits per heavy atom. The number of hydrogen-bond acceptors (Lipinski definition) is 2. The molecule has 1 N–H and O–H groups in total. The summed E-state index contributed by atoms with van der Waals surface area (Å²) < 4.78 is 5.54. The van der Waals surface area contributed by atoms with Crippen LogP contribution in [0.2, 0.25) is 0 Å². The summed E-state index contributed by atoms with van der Waals surface area (Å²) in [6.07, 6.45) is 9.54. The maximum atomic E-state index is 11.2. The molecule has 0 aromatic heterocycles. The van der Waals surface area contributed by atoms with E-state index in [1.807, 2.05) is 18.2 Å². The van der Waals surface area contributed by atoms with Gasteiger partial charge >= 0.3 is 5.97 Å². The van der Waals surface area contributed by atoms with Crippen LogP contribution in [0.4, 0.5) is 0 Å². The molecular weight excluding hydrogens is 264 g/mol. The number of para-hydroxylation sites is 1. The van der Waals surface area contributed by atoms with Gasteiger partial charge < -0.3 is 9.84 Å². The van der Waals surface area contributed by atoms with Gasteiger partial charge in [-0.1, -0.05) is 70.1 Å². The van der Waals surface area contributed by atoms with Crippen molar-refractivity contribution in [3.8, 4) is 5.75 Å². The fraction of sp³-hybridized carbons (Fsp3) is 0.611. The van der Waals surface area contributed by atoms with E-state index in [0.29, 0.717) is 12.2 Å². The second-order valence-corrected chi connectivity index (χ2v) is 5.52. The van der Waals surface area contributed by atoms with Gasteiger partial charge in [-0.15, -0.1) is 0 Å². The molecule has 0 saturated carbocycles. The average molecular weight is 292 g/mol.